The van der Waals surface area contributed by atoms with Gasteiger partial charge in [-0.15, -0.1) is 0 Å². The molecule has 1 aliphatic heterocycles. The Morgan fingerprint density at radius 2 is 1.67 bits per heavy atom. The molecule has 0 spiro atoms. The number of hydrogen-bond acceptors (Lipinski definition) is 2. The fraction of sp³-hybridized carbons (Fsp3) is 0.400. The first-order valence-electron chi connectivity index (χ1n) is 6.69. The maximum Gasteiger partial charge on any atom is 0.416 e. The minimum absolute atomic E-state index is 0.108. The summed E-state index contributed by atoms with van der Waals surface area (Å²) in [6, 6.07) is 4.74. The van der Waals surface area contributed by atoms with Crippen LogP contribution < -0.4 is 0 Å². The lowest BCUT2D eigenvalue weighted by molar-refractivity contribution is -0.137. The van der Waals surface area contributed by atoms with Gasteiger partial charge in [0, 0.05) is 32.3 Å². The molecule has 0 unspecified atom stereocenters. The van der Waals surface area contributed by atoms with Gasteiger partial charge in [0.05, 0.1) is 5.56 Å². The summed E-state index contributed by atoms with van der Waals surface area (Å²) in [6.45, 7) is 3.01. The molecule has 1 amide bonds. The van der Waals surface area contributed by atoms with Crippen LogP contribution in [0.15, 0.2) is 30.3 Å². The van der Waals surface area contributed by atoms with Gasteiger partial charge in [-0.2, -0.15) is 13.2 Å². The van der Waals surface area contributed by atoms with Crippen LogP contribution in [-0.2, 0) is 11.0 Å². The van der Waals surface area contributed by atoms with Crippen molar-refractivity contribution >= 4 is 12.0 Å². The van der Waals surface area contributed by atoms with Gasteiger partial charge in [-0.3, -0.25) is 4.79 Å². The van der Waals surface area contributed by atoms with Gasteiger partial charge in [0.2, 0.25) is 5.91 Å². The third-order valence-electron chi connectivity index (χ3n) is 3.47. The zero-order valence-corrected chi connectivity index (χ0v) is 11.7. The molecule has 1 aliphatic rings. The summed E-state index contributed by atoms with van der Waals surface area (Å²) in [4.78, 5) is 15.8. The molecule has 0 atom stereocenters. The third kappa shape index (κ3) is 4.32. The summed E-state index contributed by atoms with van der Waals surface area (Å²) in [7, 11) is 2.00. The summed E-state index contributed by atoms with van der Waals surface area (Å²) in [6.07, 6.45) is -1.38. The number of nitrogens with zero attached hydrogens (tertiary/aromatic N) is 2. The van der Waals surface area contributed by atoms with Gasteiger partial charge in [0.1, 0.15) is 0 Å². The zero-order chi connectivity index (χ0) is 15.5. The van der Waals surface area contributed by atoms with Crippen molar-refractivity contribution in [2.75, 3.05) is 33.2 Å². The highest BCUT2D eigenvalue weighted by molar-refractivity contribution is 5.91. The van der Waals surface area contributed by atoms with Crippen molar-refractivity contribution < 1.29 is 18.0 Å². The van der Waals surface area contributed by atoms with Crippen molar-refractivity contribution in [3.8, 4) is 0 Å². The van der Waals surface area contributed by atoms with Crippen LogP contribution in [0.25, 0.3) is 6.08 Å². The third-order valence-corrected chi connectivity index (χ3v) is 3.47. The Morgan fingerprint density at radius 1 is 1.10 bits per heavy atom. The van der Waals surface area contributed by atoms with Crippen molar-refractivity contribution in [2.45, 2.75) is 6.18 Å². The summed E-state index contributed by atoms with van der Waals surface area (Å²) < 4.78 is 37.3. The van der Waals surface area contributed by atoms with Gasteiger partial charge in [0.25, 0.3) is 0 Å². The van der Waals surface area contributed by atoms with Gasteiger partial charge in [0.15, 0.2) is 0 Å². The van der Waals surface area contributed by atoms with E-state index in [2.05, 4.69) is 4.90 Å². The molecule has 1 saturated heterocycles. The van der Waals surface area contributed by atoms with Crippen molar-refractivity contribution in [1.29, 1.82) is 0 Å². The summed E-state index contributed by atoms with van der Waals surface area (Å²) in [5.41, 5.74) is -0.115. The lowest BCUT2D eigenvalue weighted by atomic mass is 10.1. The van der Waals surface area contributed by atoms with Gasteiger partial charge in [-0.1, -0.05) is 12.1 Å². The number of benzene rings is 1. The Bertz CT molecular complexity index is 515. The molecule has 1 heterocycles. The molecule has 6 heteroatoms. The van der Waals surface area contributed by atoms with Crippen LogP contribution in [0.1, 0.15) is 11.1 Å². The molecule has 0 bridgehead atoms. The molecular formula is C15H17F3N2O. The highest BCUT2D eigenvalue weighted by atomic mass is 19.4. The van der Waals surface area contributed by atoms with E-state index in [0.717, 1.165) is 25.2 Å². The Hall–Kier alpha value is -1.82. The van der Waals surface area contributed by atoms with Gasteiger partial charge in [-0.05, 0) is 30.8 Å². The predicted molar refractivity (Wildman–Crippen MR) is 74.6 cm³/mol. The SMILES string of the molecule is CN1CCN(C(=O)/C=C/c2ccc(C(F)(F)F)cc2)CC1. The molecule has 1 aromatic rings. The van der Waals surface area contributed by atoms with E-state index >= 15 is 0 Å². The molecule has 0 N–H and O–H groups in total. The van der Waals surface area contributed by atoms with E-state index in [9.17, 15) is 18.0 Å². The summed E-state index contributed by atoms with van der Waals surface area (Å²) in [5, 5.41) is 0. The zero-order valence-electron chi connectivity index (χ0n) is 11.7. The number of carbonyl (C=O) groups excluding carboxylic acids is 1. The fourth-order valence-corrected chi connectivity index (χ4v) is 2.08. The molecule has 3 nitrogen and oxygen atoms in total. The van der Waals surface area contributed by atoms with Gasteiger partial charge >= 0.3 is 6.18 Å². The molecule has 0 aromatic heterocycles. The maximum absolute atomic E-state index is 12.4. The predicted octanol–water partition coefficient (Wildman–Crippen LogP) is 2.49. The summed E-state index contributed by atoms with van der Waals surface area (Å²) >= 11 is 0. The number of hydrogen-bond donors (Lipinski definition) is 0. The first kappa shape index (κ1) is 15.6. The van der Waals surface area contributed by atoms with Crippen LogP contribution in [-0.4, -0.2) is 48.9 Å². The minimum atomic E-state index is -4.34. The second-order valence-electron chi connectivity index (χ2n) is 5.08. The van der Waals surface area contributed by atoms with E-state index < -0.39 is 11.7 Å². The van der Waals surface area contributed by atoms with E-state index in [4.69, 9.17) is 0 Å². The van der Waals surface area contributed by atoms with Gasteiger partial charge < -0.3 is 9.80 Å². The van der Waals surface area contributed by atoms with Crippen LogP contribution in [0, 0.1) is 0 Å². The average Bonchev–Trinajstić information content (AvgIpc) is 2.45. The molecule has 0 radical (unpaired) electrons. The van der Waals surface area contributed by atoms with Crippen molar-refractivity contribution in [1.82, 2.24) is 9.80 Å². The second-order valence-corrected chi connectivity index (χ2v) is 5.08. The Balaban J connectivity index is 1.96. The normalized spacial score (nSPS) is 17.4. The molecule has 2 rings (SSSR count). The van der Waals surface area contributed by atoms with Crippen molar-refractivity contribution in [3.05, 3.63) is 41.5 Å². The number of amides is 1. The van der Waals surface area contributed by atoms with E-state index in [1.165, 1.54) is 18.2 Å². The highest BCUT2D eigenvalue weighted by Gasteiger charge is 2.29. The first-order chi connectivity index (χ1) is 9.86. The number of halogens is 3. The monoisotopic (exact) mass is 298 g/mol. The number of likely N-dealkylation sites (N-methyl/N-ethyl adjacent to an activating group) is 1. The maximum atomic E-state index is 12.4. The molecule has 114 valence electrons. The molecule has 0 saturated carbocycles. The molecule has 1 fully saturated rings. The minimum Gasteiger partial charge on any atom is -0.337 e. The van der Waals surface area contributed by atoms with Crippen molar-refractivity contribution in [3.63, 3.8) is 0 Å². The molecule has 0 aliphatic carbocycles. The second kappa shape index (κ2) is 6.30. The number of carbonyl (C=O) groups is 1. The number of piperazine rings is 1. The smallest absolute Gasteiger partial charge is 0.337 e. The highest BCUT2D eigenvalue weighted by Crippen LogP contribution is 2.29. The average molecular weight is 298 g/mol. The quantitative estimate of drug-likeness (QED) is 0.783. The first-order valence-corrected chi connectivity index (χ1v) is 6.69. The Morgan fingerprint density at radius 3 is 2.19 bits per heavy atom. The molecular weight excluding hydrogens is 281 g/mol. The standard InChI is InChI=1S/C15H17F3N2O/c1-19-8-10-20(11-9-19)14(21)7-4-12-2-5-13(6-3-12)15(16,17)18/h2-7H,8-11H2,1H3/b7-4+. The lowest BCUT2D eigenvalue weighted by Gasteiger charge is -2.31. The Labute approximate surface area is 121 Å². The van der Waals surface area contributed by atoms with E-state index in [1.807, 2.05) is 7.05 Å². The van der Waals surface area contributed by atoms with Crippen LogP contribution in [0.2, 0.25) is 0 Å². The topological polar surface area (TPSA) is 23.6 Å². The molecule has 1 aromatic carbocycles. The number of rotatable bonds is 2. The van der Waals surface area contributed by atoms with E-state index in [1.54, 1.807) is 11.0 Å². The lowest BCUT2D eigenvalue weighted by Crippen LogP contribution is -2.46. The Kier molecular flexibility index (Phi) is 4.67. The summed E-state index contributed by atoms with van der Waals surface area (Å²) in [5.74, 6) is -0.108. The number of alkyl halides is 3. The van der Waals surface area contributed by atoms with Crippen LogP contribution in [0.3, 0.4) is 0 Å². The largest absolute Gasteiger partial charge is 0.416 e. The van der Waals surface area contributed by atoms with Crippen molar-refractivity contribution in [2.24, 2.45) is 0 Å². The van der Waals surface area contributed by atoms with Crippen LogP contribution in [0.5, 0.6) is 0 Å². The van der Waals surface area contributed by atoms with E-state index in [0.29, 0.717) is 18.7 Å². The van der Waals surface area contributed by atoms with E-state index in [-0.39, 0.29) is 5.91 Å². The fourth-order valence-electron chi connectivity index (χ4n) is 2.08. The van der Waals surface area contributed by atoms with Gasteiger partial charge in [-0.25, -0.2) is 0 Å². The van der Waals surface area contributed by atoms with Crippen LogP contribution >= 0.6 is 0 Å². The van der Waals surface area contributed by atoms with Crippen LogP contribution in [0.4, 0.5) is 13.2 Å². The molecule has 21 heavy (non-hydrogen) atoms.